The Labute approximate surface area is 144 Å². The van der Waals surface area contributed by atoms with Crippen LogP contribution in [0.5, 0.6) is 5.75 Å². The topological polar surface area (TPSA) is 41.6 Å². The lowest BCUT2D eigenvalue weighted by Crippen LogP contribution is -2.40. The van der Waals surface area contributed by atoms with Gasteiger partial charge in [-0.1, -0.05) is 12.1 Å². The van der Waals surface area contributed by atoms with Gasteiger partial charge in [0.25, 0.3) is 0 Å². The van der Waals surface area contributed by atoms with Gasteiger partial charge >= 0.3 is 6.03 Å². The summed E-state index contributed by atoms with van der Waals surface area (Å²) in [7, 11) is 1.55. The number of hydrogen-bond donors (Lipinski definition) is 1. The molecule has 0 spiro atoms. The largest absolute Gasteiger partial charge is 0.492 e. The normalized spacial score (nSPS) is 11.7. The van der Waals surface area contributed by atoms with Crippen molar-refractivity contribution in [3.8, 4) is 5.75 Å². The van der Waals surface area contributed by atoms with Crippen LogP contribution >= 0.6 is 0 Å². The molecule has 0 aliphatic rings. The van der Waals surface area contributed by atoms with E-state index >= 15 is 0 Å². The summed E-state index contributed by atoms with van der Waals surface area (Å²) >= 11 is 0. The summed E-state index contributed by atoms with van der Waals surface area (Å²) in [4.78, 5) is 13.5. The van der Waals surface area contributed by atoms with Crippen molar-refractivity contribution in [3.05, 3.63) is 65.5 Å². The van der Waals surface area contributed by atoms with Gasteiger partial charge in [0.1, 0.15) is 18.2 Å². The Morgan fingerprint density at radius 2 is 1.92 bits per heavy atom. The average molecular weight is 352 g/mol. The lowest BCUT2D eigenvalue weighted by atomic mass is 10.1. The van der Waals surface area contributed by atoms with Crippen molar-refractivity contribution in [2.24, 2.45) is 0 Å². The van der Waals surface area contributed by atoms with Crippen molar-refractivity contribution in [1.29, 1.82) is 0 Å². The molecule has 0 aliphatic carbocycles. The van der Waals surface area contributed by atoms with E-state index in [1.165, 1.54) is 29.2 Å². The SMILES string of the molecule is CC(c1ccc(F)c(F)c1)N(C)C(=O)NCCOc1cccc(F)c1. The molecule has 0 aromatic heterocycles. The maximum atomic E-state index is 13.3. The molecule has 0 bridgehead atoms. The van der Waals surface area contributed by atoms with E-state index in [2.05, 4.69) is 5.32 Å². The first-order chi connectivity index (χ1) is 11.9. The average Bonchev–Trinajstić information content (AvgIpc) is 2.59. The summed E-state index contributed by atoms with van der Waals surface area (Å²) in [5.41, 5.74) is 0.479. The van der Waals surface area contributed by atoms with Crippen molar-refractivity contribution in [2.75, 3.05) is 20.2 Å². The van der Waals surface area contributed by atoms with Crippen LogP contribution in [0.4, 0.5) is 18.0 Å². The lowest BCUT2D eigenvalue weighted by Gasteiger charge is -2.25. The van der Waals surface area contributed by atoms with E-state index < -0.39 is 23.5 Å². The van der Waals surface area contributed by atoms with Gasteiger partial charge in [-0.15, -0.1) is 0 Å². The quantitative estimate of drug-likeness (QED) is 0.802. The van der Waals surface area contributed by atoms with Crippen LogP contribution in [0.2, 0.25) is 0 Å². The van der Waals surface area contributed by atoms with E-state index in [9.17, 15) is 18.0 Å². The van der Waals surface area contributed by atoms with Crippen molar-refractivity contribution in [1.82, 2.24) is 10.2 Å². The Bertz CT molecular complexity index is 740. The van der Waals surface area contributed by atoms with Gasteiger partial charge in [0, 0.05) is 13.1 Å². The molecule has 7 heteroatoms. The van der Waals surface area contributed by atoms with Crippen LogP contribution in [0, 0.1) is 17.5 Å². The minimum atomic E-state index is -0.957. The van der Waals surface area contributed by atoms with Gasteiger partial charge in [-0.25, -0.2) is 18.0 Å². The summed E-state index contributed by atoms with van der Waals surface area (Å²) in [6.07, 6.45) is 0. The molecule has 0 radical (unpaired) electrons. The Kier molecular flexibility index (Phi) is 6.27. The molecule has 2 amide bonds. The van der Waals surface area contributed by atoms with E-state index in [0.29, 0.717) is 11.3 Å². The summed E-state index contributed by atoms with van der Waals surface area (Å²) in [5, 5.41) is 2.64. The first-order valence-electron chi connectivity index (χ1n) is 7.72. The molecule has 0 aliphatic heterocycles. The fourth-order valence-electron chi connectivity index (χ4n) is 2.18. The Morgan fingerprint density at radius 3 is 2.60 bits per heavy atom. The number of hydrogen-bond acceptors (Lipinski definition) is 2. The van der Waals surface area contributed by atoms with Gasteiger partial charge in [0.15, 0.2) is 11.6 Å². The van der Waals surface area contributed by atoms with Gasteiger partial charge in [-0.05, 0) is 36.8 Å². The van der Waals surface area contributed by atoms with Crippen molar-refractivity contribution in [2.45, 2.75) is 13.0 Å². The predicted molar refractivity (Wildman–Crippen MR) is 87.8 cm³/mol. The van der Waals surface area contributed by atoms with Crippen LogP contribution in [0.1, 0.15) is 18.5 Å². The van der Waals surface area contributed by atoms with Gasteiger partial charge in [0.05, 0.1) is 12.6 Å². The van der Waals surface area contributed by atoms with Crippen molar-refractivity contribution >= 4 is 6.03 Å². The highest BCUT2D eigenvalue weighted by Gasteiger charge is 2.18. The van der Waals surface area contributed by atoms with Crippen LogP contribution in [0.3, 0.4) is 0 Å². The molecular weight excluding hydrogens is 333 g/mol. The number of carbonyl (C=O) groups is 1. The number of ether oxygens (including phenoxy) is 1. The second kappa shape index (κ2) is 8.41. The van der Waals surface area contributed by atoms with E-state index in [0.717, 1.165) is 12.1 Å². The molecule has 25 heavy (non-hydrogen) atoms. The third kappa shape index (κ3) is 5.14. The van der Waals surface area contributed by atoms with E-state index in [-0.39, 0.29) is 19.2 Å². The molecule has 0 saturated heterocycles. The number of carbonyl (C=O) groups excluding carboxylic acids is 1. The first-order valence-corrected chi connectivity index (χ1v) is 7.72. The fraction of sp³-hybridized carbons (Fsp3) is 0.278. The predicted octanol–water partition coefficient (Wildman–Crippen LogP) is 3.89. The van der Waals surface area contributed by atoms with Gasteiger partial charge in [-0.2, -0.15) is 0 Å². The van der Waals surface area contributed by atoms with Gasteiger partial charge in [-0.3, -0.25) is 0 Å². The molecule has 2 aromatic carbocycles. The minimum Gasteiger partial charge on any atom is -0.492 e. The number of benzene rings is 2. The highest BCUT2D eigenvalue weighted by Crippen LogP contribution is 2.20. The van der Waals surface area contributed by atoms with Crippen LogP contribution in [-0.4, -0.2) is 31.1 Å². The molecule has 2 aromatic rings. The first kappa shape index (κ1) is 18.6. The number of nitrogens with one attached hydrogen (secondary N) is 1. The maximum absolute atomic E-state index is 13.3. The third-order valence-electron chi connectivity index (χ3n) is 3.77. The number of nitrogens with zero attached hydrogens (tertiary/aromatic N) is 1. The van der Waals surface area contributed by atoms with E-state index in [1.54, 1.807) is 20.0 Å². The zero-order valence-corrected chi connectivity index (χ0v) is 13.9. The van der Waals surface area contributed by atoms with Crippen LogP contribution in [-0.2, 0) is 0 Å². The zero-order chi connectivity index (χ0) is 18.4. The summed E-state index contributed by atoms with van der Waals surface area (Å²) in [6.45, 7) is 2.09. The number of urea groups is 1. The molecular formula is C18H19F3N2O2. The standard InChI is InChI=1S/C18H19F3N2O2/c1-12(13-6-7-16(20)17(21)10-13)23(2)18(24)22-8-9-25-15-5-3-4-14(19)11-15/h3-7,10-12H,8-9H2,1-2H3,(H,22,24). The Morgan fingerprint density at radius 1 is 1.16 bits per heavy atom. The van der Waals surface area contributed by atoms with Crippen molar-refractivity contribution in [3.63, 3.8) is 0 Å². The van der Waals surface area contributed by atoms with Gasteiger partial charge < -0.3 is 15.0 Å². The van der Waals surface area contributed by atoms with Gasteiger partial charge in [0.2, 0.25) is 0 Å². The smallest absolute Gasteiger partial charge is 0.317 e. The highest BCUT2D eigenvalue weighted by molar-refractivity contribution is 5.74. The number of amides is 2. The third-order valence-corrected chi connectivity index (χ3v) is 3.77. The summed E-state index contributed by atoms with van der Waals surface area (Å²) in [6, 6.07) is 8.39. The van der Waals surface area contributed by atoms with Crippen LogP contribution < -0.4 is 10.1 Å². The molecule has 1 unspecified atom stereocenters. The monoisotopic (exact) mass is 352 g/mol. The Hall–Kier alpha value is -2.70. The molecule has 4 nitrogen and oxygen atoms in total. The number of halogens is 3. The lowest BCUT2D eigenvalue weighted by molar-refractivity contribution is 0.191. The molecule has 0 fully saturated rings. The molecule has 0 saturated carbocycles. The van der Waals surface area contributed by atoms with E-state index in [1.807, 2.05) is 0 Å². The molecule has 1 N–H and O–H groups in total. The second-order valence-electron chi connectivity index (χ2n) is 5.50. The van der Waals surface area contributed by atoms with Crippen LogP contribution in [0.15, 0.2) is 42.5 Å². The Balaban J connectivity index is 1.82. The maximum Gasteiger partial charge on any atom is 0.317 e. The highest BCUT2D eigenvalue weighted by atomic mass is 19.2. The second-order valence-corrected chi connectivity index (χ2v) is 5.50. The van der Waals surface area contributed by atoms with Crippen molar-refractivity contribution < 1.29 is 22.7 Å². The fourth-order valence-corrected chi connectivity index (χ4v) is 2.18. The molecule has 134 valence electrons. The minimum absolute atomic E-state index is 0.169. The zero-order valence-electron chi connectivity index (χ0n) is 13.9. The molecule has 2 rings (SSSR count). The number of rotatable bonds is 6. The summed E-state index contributed by atoms with van der Waals surface area (Å²) < 4.78 is 44.6. The van der Waals surface area contributed by atoms with Crippen LogP contribution in [0.25, 0.3) is 0 Å². The molecule has 1 atom stereocenters. The molecule has 0 heterocycles. The summed E-state index contributed by atoms with van der Waals surface area (Å²) in [5.74, 6) is -1.92. The van der Waals surface area contributed by atoms with E-state index in [4.69, 9.17) is 4.74 Å².